The Morgan fingerprint density at radius 2 is 1.67 bits per heavy atom. The monoisotopic (exact) mass is 291 g/mol. The van der Waals surface area contributed by atoms with Gasteiger partial charge in [0.1, 0.15) is 11.6 Å². The standard InChI is InChI=1S/C17H19F2NO/c1-17(2,3)20-11-12-4-7-14(8-5-12)21-16-10-13(18)6-9-15(16)19/h4-10,20H,11H2,1-3H3. The van der Waals surface area contributed by atoms with Gasteiger partial charge >= 0.3 is 0 Å². The minimum Gasteiger partial charge on any atom is -0.454 e. The molecule has 0 saturated carbocycles. The highest BCUT2D eigenvalue weighted by Crippen LogP contribution is 2.25. The van der Waals surface area contributed by atoms with E-state index in [0.29, 0.717) is 5.75 Å². The highest BCUT2D eigenvalue weighted by molar-refractivity contribution is 5.34. The normalized spacial score (nSPS) is 11.5. The van der Waals surface area contributed by atoms with Crippen molar-refractivity contribution in [3.05, 3.63) is 59.7 Å². The Labute approximate surface area is 123 Å². The molecule has 2 nitrogen and oxygen atoms in total. The molecule has 2 aromatic carbocycles. The van der Waals surface area contributed by atoms with Gasteiger partial charge in [-0.2, -0.15) is 0 Å². The van der Waals surface area contributed by atoms with Crippen LogP contribution in [0, 0.1) is 11.6 Å². The molecule has 0 heterocycles. The van der Waals surface area contributed by atoms with E-state index in [2.05, 4.69) is 26.1 Å². The minimum atomic E-state index is -0.588. The first kappa shape index (κ1) is 15.4. The average molecular weight is 291 g/mol. The Bertz CT molecular complexity index is 603. The summed E-state index contributed by atoms with van der Waals surface area (Å²) < 4.78 is 31.9. The molecule has 0 unspecified atom stereocenters. The van der Waals surface area contributed by atoms with Crippen LogP contribution in [0.15, 0.2) is 42.5 Å². The number of hydrogen-bond acceptors (Lipinski definition) is 2. The molecule has 0 atom stereocenters. The number of benzene rings is 2. The molecule has 0 aliphatic rings. The Kier molecular flexibility index (Phi) is 4.58. The second-order valence-electron chi connectivity index (χ2n) is 5.92. The molecule has 0 fully saturated rings. The van der Waals surface area contributed by atoms with Crippen LogP contribution in [0.3, 0.4) is 0 Å². The van der Waals surface area contributed by atoms with Crippen LogP contribution in [0.2, 0.25) is 0 Å². The molecular weight excluding hydrogens is 272 g/mol. The van der Waals surface area contributed by atoms with Gasteiger partial charge in [-0.25, -0.2) is 8.78 Å². The molecule has 112 valence electrons. The maximum absolute atomic E-state index is 13.5. The lowest BCUT2D eigenvalue weighted by molar-refractivity contribution is 0.423. The number of halogens is 2. The average Bonchev–Trinajstić information content (AvgIpc) is 2.41. The number of nitrogens with one attached hydrogen (secondary N) is 1. The van der Waals surface area contributed by atoms with E-state index in [1.165, 1.54) is 0 Å². The van der Waals surface area contributed by atoms with Gasteiger partial charge < -0.3 is 10.1 Å². The Morgan fingerprint density at radius 3 is 2.29 bits per heavy atom. The van der Waals surface area contributed by atoms with E-state index in [4.69, 9.17) is 4.74 Å². The van der Waals surface area contributed by atoms with Crippen LogP contribution < -0.4 is 10.1 Å². The zero-order chi connectivity index (χ0) is 15.5. The van der Waals surface area contributed by atoms with Gasteiger partial charge in [0, 0.05) is 18.2 Å². The number of ether oxygens (including phenoxy) is 1. The molecule has 0 aliphatic heterocycles. The topological polar surface area (TPSA) is 21.3 Å². The quantitative estimate of drug-likeness (QED) is 0.885. The van der Waals surface area contributed by atoms with Gasteiger partial charge in [0.2, 0.25) is 0 Å². The maximum atomic E-state index is 13.5. The summed E-state index contributed by atoms with van der Waals surface area (Å²) in [5, 5.41) is 3.37. The van der Waals surface area contributed by atoms with Crippen molar-refractivity contribution >= 4 is 0 Å². The van der Waals surface area contributed by atoms with E-state index in [-0.39, 0.29) is 11.3 Å². The third-order valence-electron chi connectivity index (χ3n) is 2.87. The van der Waals surface area contributed by atoms with Gasteiger partial charge in [0.05, 0.1) is 0 Å². The van der Waals surface area contributed by atoms with E-state index in [9.17, 15) is 8.78 Å². The number of rotatable bonds is 4. The van der Waals surface area contributed by atoms with Crippen molar-refractivity contribution in [2.75, 3.05) is 0 Å². The zero-order valence-corrected chi connectivity index (χ0v) is 12.4. The van der Waals surface area contributed by atoms with Crippen molar-refractivity contribution < 1.29 is 13.5 Å². The Morgan fingerprint density at radius 1 is 1.00 bits per heavy atom. The van der Waals surface area contributed by atoms with Crippen molar-refractivity contribution in [2.24, 2.45) is 0 Å². The molecule has 0 radical (unpaired) electrons. The summed E-state index contributed by atoms with van der Waals surface area (Å²) in [4.78, 5) is 0. The zero-order valence-electron chi connectivity index (χ0n) is 12.4. The first-order valence-electron chi connectivity index (χ1n) is 6.80. The van der Waals surface area contributed by atoms with Crippen LogP contribution in [-0.4, -0.2) is 5.54 Å². The summed E-state index contributed by atoms with van der Waals surface area (Å²) in [6, 6.07) is 10.4. The molecule has 0 saturated heterocycles. The Balaban J connectivity index is 2.04. The lowest BCUT2D eigenvalue weighted by Gasteiger charge is -2.20. The predicted octanol–water partition coefficient (Wildman–Crippen LogP) is 4.65. The summed E-state index contributed by atoms with van der Waals surface area (Å²) >= 11 is 0. The minimum absolute atomic E-state index is 0.0415. The summed E-state index contributed by atoms with van der Waals surface area (Å²) in [6.45, 7) is 7.02. The molecule has 2 aromatic rings. The summed E-state index contributed by atoms with van der Waals surface area (Å²) in [5.41, 5.74) is 1.14. The van der Waals surface area contributed by atoms with Crippen LogP contribution in [0.1, 0.15) is 26.3 Å². The van der Waals surface area contributed by atoms with Crippen LogP contribution in [0.5, 0.6) is 11.5 Å². The molecule has 0 aromatic heterocycles. The predicted molar refractivity (Wildman–Crippen MR) is 79.5 cm³/mol. The first-order valence-corrected chi connectivity index (χ1v) is 6.80. The molecule has 4 heteroatoms. The van der Waals surface area contributed by atoms with E-state index >= 15 is 0 Å². The molecular formula is C17H19F2NO. The van der Waals surface area contributed by atoms with E-state index in [1.54, 1.807) is 12.1 Å². The van der Waals surface area contributed by atoms with E-state index in [0.717, 1.165) is 30.3 Å². The van der Waals surface area contributed by atoms with Gasteiger partial charge in [0.15, 0.2) is 11.6 Å². The number of hydrogen-bond donors (Lipinski definition) is 1. The van der Waals surface area contributed by atoms with Crippen molar-refractivity contribution in [1.29, 1.82) is 0 Å². The molecule has 0 aliphatic carbocycles. The molecule has 0 amide bonds. The second-order valence-corrected chi connectivity index (χ2v) is 5.92. The maximum Gasteiger partial charge on any atom is 0.165 e. The van der Waals surface area contributed by atoms with Gasteiger partial charge in [-0.1, -0.05) is 12.1 Å². The summed E-state index contributed by atoms with van der Waals surface area (Å²) in [6.07, 6.45) is 0. The van der Waals surface area contributed by atoms with Crippen LogP contribution >= 0.6 is 0 Å². The molecule has 1 N–H and O–H groups in total. The Hall–Kier alpha value is -1.94. The fourth-order valence-corrected chi connectivity index (χ4v) is 1.72. The fourth-order valence-electron chi connectivity index (χ4n) is 1.72. The van der Waals surface area contributed by atoms with Gasteiger partial charge in [-0.05, 0) is 50.6 Å². The smallest absolute Gasteiger partial charge is 0.165 e. The lowest BCUT2D eigenvalue weighted by atomic mass is 10.1. The first-order chi connectivity index (χ1) is 9.83. The van der Waals surface area contributed by atoms with Crippen molar-refractivity contribution in [3.63, 3.8) is 0 Å². The van der Waals surface area contributed by atoms with Crippen LogP contribution in [-0.2, 0) is 6.54 Å². The summed E-state index contributed by atoms with van der Waals surface area (Å²) in [7, 11) is 0. The van der Waals surface area contributed by atoms with E-state index < -0.39 is 11.6 Å². The SMILES string of the molecule is CC(C)(C)NCc1ccc(Oc2cc(F)ccc2F)cc1. The lowest BCUT2D eigenvalue weighted by Crippen LogP contribution is -2.34. The van der Waals surface area contributed by atoms with Gasteiger partial charge in [-0.15, -0.1) is 0 Å². The second kappa shape index (κ2) is 6.22. The third-order valence-corrected chi connectivity index (χ3v) is 2.87. The van der Waals surface area contributed by atoms with Crippen LogP contribution in [0.25, 0.3) is 0 Å². The molecule has 0 bridgehead atoms. The van der Waals surface area contributed by atoms with Crippen molar-refractivity contribution in [2.45, 2.75) is 32.9 Å². The fraction of sp³-hybridized carbons (Fsp3) is 0.294. The van der Waals surface area contributed by atoms with Gasteiger partial charge in [-0.3, -0.25) is 0 Å². The van der Waals surface area contributed by atoms with Crippen LogP contribution in [0.4, 0.5) is 8.78 Å². The largest absolute Gasteiger partial charge is 0.454 e. The summed E-state index contributed by atoms with van der Waals surface area (Å²) in [5.74, 6) is -0.762. The highest BCUT2D eigenvalue weighted by atomic mass is 19.1. The highest BCUT2D eigenvalue weighted by Gasteiger charge is 2.09. The molecule has 2 rings (SSSR count). The van der Waals surface area contributed by atoms with Gasteiger partial charge in [0.25, 0.3) is 0 Å². The van der Waals surface area contributed by atoms with Crippen molar-refractivity contribution in [3.8, 4) is 11.5 Å². The third kappa shape index (κ3) is 4.83. The molecule has 21 heavy (non-hydrogen) atoms. The van der Waals surface area contributed by atoms with Crippen molar-refractivity contribution in [1.82, 2.24) is 5.32 Å². The van der Waals surface area contributed by atoms with E-state index in [1.807, 2.05) is 12.1 Å². The molecule has 0 spiro atoms.